The summed E-state index contributed by atoms with van der Waals surface area (Å²) in [7, 11) is 0. The fraction of sp³-hybridized carbons (Fsp3) is 0.294. The molecule has 2 aromatic rings. The number of aromatic nitrogens is 1. The van der Waals surface area contributed by atoms with Crippen LogP contribution in [0.25, 0.3) is 0 Å². The zero-order valence-corrected chi connectivity index (χ0v) is 13.3. The van der Waals surface area contributed by atoms with Crippen LogP contribution in [0.5, 0.6) is 0 Å². The molecule has 0 unspecified atom stereocenters. The number of rotatable bonds is 3. The molecule has 1 N–H and O–H groups in total. The number of nitriles is 1. The lowest BCUT2D eigenvalue weighted by molar-refractivity contribution is 0.668. The molecule has 0 fully saturated rings. The first kappa shape index (κ1) is 14.1. The molecule has 1 heterocycles. The van der Waals surface area contributed by atoms with Gasteiger partial charge in [0.1, 0.15) is 11.9 Å². The number of anilines is 1. The van der Waals surface area contributed by atoms with Gasteiger partial charge in [-0.05, 0) is 55.0 Å². The van der Waals surface area contributed by atoms with Crippen LogP contribution in [-0.2, 0) is 19.4 Å². The lowest BCUT2D eigenvalue weighted by Crippen LogP contribution is -2.10. The molecule has 0 amide bonds. The highest BCUT2D eigenvalue weighted by Crippen LogP contribution is 2.24. The molecule has 0 spiro atoms. The van der Waals surface area contributed by atoms with E-state index in [0.29, 0.717) is 17.9 Å². The van der Waals surface area contributed by atoms with Gasteiger partial charge < -0.3 is 5.32 Å². The maximum atomic E-state index is 9.32. The van der Waals surface area contributed by atoms with Crippen LogP contribution >= 0.6 is 15.9 Å². The van der Waals surface area contributed by atoms with Crippen LogP contribution in [0.3, 0.4) is 0 Å². The Kier molecular flexibility index (Phi) is 4.21. The molecule has 1 aromatic heterocycles. The molecule has 1 aromatic carbocycles. The summed E-state index contributed by atoms with van der Waals surface area (Å²) < 4.78 is 1.07. The average Bonchev–Trinajstić information content (AvgIpc) is 2.53. The minimum Gasteiger partial charge on any atom is -0.365 e. The van der Waals surface area contributed by atoms with E-state index in [1.54, 1.807) is 0 Å². The van der Waals surface area contributed by atoms with Gasteiger partial charge in [0.15, 0.2) is 0 Å². The van der Waals surface area contributed by atoms with Gasteiger partial charge in [-0.1, -0.05) is 28.1 Å². The number of halogens is 1. The van der Waals surface area contributed by atoms with E-state index in [2.05, 4.69) is 44.4 Å². The summed E-state index contributed by atoms with van der Waals surface area (Å²) in [5.74, 6) is 0.709. The first-order valence-electron chi connectivity index (χ1n) is 7.17. The maximum absolute atomic E-state index is 9.32. The van der Waals surface area contributed by atoms with Crippen molar-refractivity contribution in [3.8, 4) is 6.07 Å². The molecule has 1 aliphatic rings. The predicted molar refractivity (Wildman–Crippen MR) is 87.1 cm³/mol. The Bertz CT molecular complexity index is 686. The summed E-state index contributed by atoms with van der Waals surface area (Å²) in [5, 5.41) is 12.6. The van der Waals surface area contributed by atoms with Gasteiger partial charge in [-0.3, -0.25) is 0 Å². The molecule has 3 rings (SSSR count). The van der Waals surface area contributed by atoms with Crippen molar-refractivity contribution >= 4 is 21.7 Å². The van der Waals surface area contributed by atoms with Crippen LogP contribution in [0, 0.1) is 11.3 Å². The summed E-state index contributed by atoms with van der Waals surface area (Å²) >= 11 is 3.43. The fourth-order valence-electron chi connectivity index (χ4n) is 2.64. The Hall–Kier alpha value is -1.86. The van der Waals surface area contributed by atoms with Crippen LogP contribution in [0.4, 0.5) is 5.82 Å². The van der Waals surface area contributed by atoms with E-state index in [9.17, 15) is 5.26 Å². The minimum absolute atomic E-state index is 0.646. The number of benzene rings is 1. The van der Waals surface area contributed by atoms with Gasteiger partial charge in [0, 0.05) is 16.7 Å². The van der Waals surface area contributed by atoms with E-state index < -0.39 is 0 Å². The van der Waals surface area contributed by atoms with Crippen LogP contribution in [0.2, 0.25) is 0 Å². The molecular weight excluding hydrogens is 326 g/mol. The van der Waals surface area contributed by atoms with Crippen LogP contribution in [0.15, 0.2) is 34.8 Å². The lowest BCUT2D eigenvalue weighted by Gasteiger charge is -2.17. The number of hydrogen-bond donors (Lipinski definition) is 1. The van der Waals surface area contributed by atoms with E-state index in [4.69, 9.17) is 0 Å². The van der Waals surface area contributed by atoms with Crippen molar-refractivity contribution in [3.05, 3.63) is 57.2 Å². The summed E-state index contributed by atoms with van der Waals surface area (Å²) in [6.07, 6.45) is 4.46. The van der Waals surface area contributed by atoms with Crippen molar-refractivity contribution in [2.24, 2.45) is 0 Å². The van der Waals surface area contributed by atoms with Gasteiger partial charge in [0.25, 0.3) is 0 Å². The average molecular weight is 342 g/mol. The Labute approximate surface area is 133 Å². The van der Waals surface area contributed by atoms with Gasteiger partial charge in [-0.2, -0.15) is 5.26 Å². The van der Waals surface area contributed by atoms with Gasteiger partial charge >= 0.3 is 0 Å². The zero-order chi connectivity index (χ0) is 14.7. The van der Waals surface area contributed by atoms with Crippen molar-refractivity contribution in [2.75, 3.05) is 5.32 Å². The molecule has 21 heavy (non-hydrogen) atoms. The third-order valence-corrected chi connectivity index (χ3v) is 4.32. The largest absolute Gasteiger partial charge is 0.365 e. The molecule has 0 aliphatic heterocycles. The SMILES string of the molecule is N#Cc1cc2c(nc1NCc1ccc(Br)cc1)CCCC2. The van der Waals surface area contributed by atoms with Gasteiger partial charge in [-0.15, -0.1) is 0 Å². The third-order valence-electron chi connectivity index (χ3n) is 3.79. The van der Waals surface area contributed by atoms with Crippen molar-refractivity contribution in [3.63, 3.8) is 0 Å². The molecule has 0 radical (unpaired) electrons. The molecule has 106 valence electrons. The molecule has 0 atom stereocenters. The number of nitrogens with zero attached hydrogens (tertiary/aromatic N) is 2. The highest BCUT2D eigenvalue weighted by atomic mass is 79.9. The molecule has 0 bridgehead atoms. The van der Waals surface area contributed by atoms with Crippen molar-refractivity contribution in [1.82, 2.24) is 4.98 Å². The fourth-order valence-corrected chi connectivity index (χ4v) is 2.91. The second-order valence-electron chi connectivity index (χ2n) is 5.29. The minimum atomic E-state index is 0.646. The highest BCUT2D eigenvalue weighted by Gasteiger charge is 2.14. The van der Waals surface area contributed by atoms with Crippen molar-refractivity contribution < 1.29 is 0 Å². The normalized spacial score (nSPS) is 13.3. The Balaban J connectivity index is 1.81. The Morgan fingerprint density at radius 3 is 2.71 bits per heavy atom. The van der Waals surface area contributed by atoms with E-state index in [-0.39, 0.29) is 0 Å². The molecule has 0 saturated heterocycles. The van der Waals surface area contributed by atoms with Crippen molar-refractivity contribution in [2.45, 2.75) is 32.2 Å². The predicted octanol–water partition coefficient (Wildman–Crippen LogP) is 4.21. The van der Waals surface area contributed by atoms with E-state index in [0.717, 1.165) is 23.0 Å². The van der Waals surface area contributed by atoms with Crippen molar-refractivity contribution in [1.29, 1.82) is 5.26 Å². The Morgan fingerprint density at radius 1 is 1.19 bits per heavy atom. The number of pyridine rings is 1. The summed E-state index contributed by atoms with van der Waals surface area (Å²) in [6.45, 7) is 0.674. The smallest absolute Gasteiger partial charge is 0.144 e. The molecule has 4 heteroatoms. The maximum Gasteiger partial charge on any atom is 0.144 e. The Morgan fingerprint density at radius 2 is 1.95 bits per heavy atom. The van der Waals surface area contributed by atoms with Crippen LogP contribution in [-0.4, -0.2) is 4.98 Å². The lowest BCUT2D eigenvalue weighted by atomic mass is 9.95. The zero-order valence-electron chi connectivity index (χ0n) is 11.7. The quantitative estimate of drug-likeness (QED) is 0.909. The summed E-state index contributed by atoms with van der Waals surface area (Å²) in [6, 6.07) is 12.4. The summed E-state index contributed by atoms with van der Waals surface area (Å²) in [4.78, 5) is 4.67. The third kappa shape index (κ3) is 3.25. The highest BCUT2D eigenvalue weighted by molar-refractivity contribution is 9.10. The molecular formula is C17H16BrN3. The van der Waals surface area contributed by atoms with Gasteiger partial charge in [0.2, 0.25) is 0 Å². The first-order chi connectivity index (χ1) is 10.3. The monoisotopic (exact) mass is 341 g/mol. The van der Waals surface area contributed by atoms with Crippen LogP contribution in [0.1, 0.15) is 35.2 Å². The van der Waals surface area contributed by atoms with Gasteiger partial charge in [-0.25, -0.2) is 4.98 Å². The topological polar surface area (TPSA) is 48.7 Å². The number of hydrogen-bond acceptors (Lipinski definition) is 3. The summed E-state index contributed by atoms with van der Waals surface area (Å²) in [5.41, 5.74) is 4.21. The van der Waals surface area contributed by atoms with Gasteiger partial charge in [0.05, 0.1) is 5.56 Å². The molecule has 1 aliphatic carbocycles. The van der Waals surface area contributed by atoms with E-state index in [1.165, 1.54) is 24.0 Å². The van der Waals surface area contributed by atoms with Crippen LogP contribution < -0.4 is 5.32 Å². The molecule has 3 nitrogen and oxygen atoms in total. The number of aryl methyl sites for hydroxylation is 2. The second-order valence-corrected chi connectivity index (χ2v) is 6.20. The number of nitrogens with one attached hydrogen (secondary N) is 1. The first-order valence-corrected chi connectivity index (χ1v) is 7.97. The molecule has 0 saturated carbocycles. The standard InChI is InChI=1S/C17H16BrN3/c18-15-7-5-12(6-8-15)11-20-17-14(10-19)9-13-3-1-2-4-16(13)21-17/h5-9H,1-4,11H2,(H,20,21). The van der Waals surface area contributed by atoms with E-state index in [1.807, 2.05) is 18.2 Å². The number of fused-ring (bicyclic) bond motifs is 1. The van der Waals surface area contributed by atoms with E-state index >= 15 is 0 Å². The second kappa shape index (κ2) is 6.28.